The maximum absolute atomic E-state index is 14.2. The van der Waals surface area contributed by atoms with E-state index in [9.17, 15) is 4.39 Å². The van der Waals surface area contributed by atoms with E-state index in [1.54, 1.807) is 12.3 Å². The molecule has 3 aromatic rings. The summed E-state index contributed by atoms with van der Waals surface area (Å²) >= 11 is 0. The van der Waals surface area contributed by atoms with Crippen molar-refractivity contribution in [1.29, 1.82) is 0 Å². The molecule has 0 saturated carbocycles. The Morgan fingerprint density at radius 2 is 2.12 bits per heavy atom. The summed E-state index contributed by atoms with van der Waals surface area (Å²) in [6.45, 7) is 1.76. The van der Waals surface area contributed by atoms with Crippen molar-refractivity contribution in [2.45, 2.75) is 19.4 Å². The number of oxazole rings is 1. The van der Waals surface area contributed by atoms with Crippen molar-refractivity contribution >= 4 is 5.69 Å². The summed E-state index contributed by atoms with van der Waals surface area (Å²) in [5.41, 5.74) is 8.81. The quantitative estimate of drug-likeness (QED) is 0.792. The molecule has 0 bridgehead atoms. The number of halogens is 1. The zero-order chi connectivity index (χ0) is 17.2. The van der Waals surface area contributed by atoms with Gasteiger partial charge in [0.15, 0.2) is 0 Å². The lowest BCUT2D eigenvalue weighted by atomic mass is 10.1. The van der Waals surface area contributed by atoms with Gasteiger partial charge in [-0.2, -0.15) is 0 Å². The third-order valence-corrected chi connectivity index (χ3v) is 4.44. The fourth-order valence-corrected chi connectivity index (χ4v) is 3.24. The van der Waals surface area contributed by atoms with E-state index >= 15 is 0 Å². The van der Waals surface area contributed by atoms with E-state index in [-0.39, 0.29) is 5.82 Å². The Bertz CT molecular complexity index is 878. The number of aromatic nitrogens is 2. The lowest BCUT2D eigenvalue weighted by Crippen LogP contribution is -2.31. The van der Waals surface area contributed by atoms with Crippen LogP contribution in [0.15, 0.2) is 47.0 Å². The van der Waals surface area contributed by atoms with Gasteiger partial charge >= 0.3 is 0 Å². The molecule has 5 nitrogen and oxygen atoms in total. The number of hydrogen-bond acceptors (Lipinski definition) is 5. The fraction of sp³-hybridized carbons (Fsp3) is 0.263. The van der Waals surface area contributed by atoms with Crippen molar-refractivity contribution < 1.29 is 8.81 Å². The minimum Gasteiger partial charge on any atom is -0.439 e. The molecule has 0 unspecified atom stereocenters. The van der Waals surface area contributed by atoms with Crippen molar-refractivity contribution in [2.75, 3.05) is 18.0 Å². The van der Waals surface area contributed by atoms with E-state index in [4.69, 9.17) is 10.2 Å². The zero-order valence-electron chi connectivity index (χ0n) is 13.8. The lowest BCUT2D eigenvalue weighted by molar-refractivity contribution is 0.497. The summed E-state index contributed by atoms with van der Waals surface area (Å²) in [4.78, 5) is 11.0. The Morgan fingerprint density at radius 1 is 1.20 bits per heavy atom. The first-order valence-corrected chi connectivity index (χ1v) is 8.38. The summed E-state index contributed by atoms with van der Waals surface area (Å²) < 4.78 is 20.1. The van der Waals surface area contributed by atoms with Crippen LogP contribution >= 0.6 is 0 Å². The number of pyridine rings is 1. The van der Waals surface area contributed by atoms with Gasteiger partial charge < -0.3 is 15.1 Å². The first-order valence-electron chi connectivity index (χ1n) is 8.38. The molecular formula is C19H19FN4O. The topological polar surface area (TPSA) is 68.2 Å². The molecule has 1 aliphatic heterocycles. The van der Waals surface area contributed by atoms with Crippen molar-refractivity contribution in [3.8, 4) is 11.6 Å². The van der Waals surface area contributed by atoms with Gasteiger partial charge in [0.25, 0.3) is 0 Å². The highest BCUT2D eigenvalue weighted by atomic mass is 19.1. The summed E-state index contributed by atoms with van der Waals surface area (Å²) in [6.07, 6.45) is 2.97. The third kappa shape index (κ3) is 3.00. The van der Waals surface area contributed by atoms with E-state index in [2.05, 4.69) is 14.9 Å². The van der Waals surface area contributed by atoms with Crippen LogP contribution in [0.3, 0.4) is 0 Å². The summed E-state index contributed by atoms with van der Waals surface area (Å²) in [5.74, 6) is 1.21. The first-order chi connectivity index (χ1) is 12.3. The van der Waals surface area contributed by atoms with Gasteiger partial charge in [0, 0.05) is 30.4 Å². The Labute approximate surface area is 145 Å². The molecule has 0 amide bonds. The van der Waals surface area contributed by atoms with Gasteiger partial charge in [-0.15, -0.1) is 0 Å². The molecule has 0 aliphatic carbocycles. The molecule has 0 spiro atoms. The SMILES string of the molecule is NCCc1c(F)cccc1N1CCc2oc(-c3ccccn3)nc2C1. The molecule has 128 valence electrons. The zero-order valence-corrected chi connectivity index (χ0v) is 13.8. The van der Waals surface area contributed by atoms with Crippen molar-refractivity contribution in [2.24, 2.45) is 5.73 Å². The number of rotatable bonds is 4. The van der Waals surface area contributed by atoms with E-state index in [0.717, 1.165) is 35.8 Å². The summed E-state index contributed by atoms with van der Waals surface area (Å²) in [6, 6.07) is 10.8. The number of nitrogens with zero attached hydrogens (tertiary/aromatic N) is 3. The minimum absolute atomic E-state index is 0.205. The first kappa shape index (κ1) is 15.8. The molecule has 2 aromatic heterocycles. The van der Waals surface area contributed by atoms with Crippen molar-refractivity contribution in [1.82, 2.24) is 9.97 Å². The standard InChI is InChI=1S/C19H19FN4O/c20-14-4-3-6-17(13(14)7-9-21)24-11-8-18-16(12-24)23-19(25-18)15-5-1-2-10-22-15/h1-6,10H,7-9,11-12,21H2. The molecule has 0 fully saturated rings. The van der Waals surface area contributed by atoms with Crippen LogP contribution in [0.4, 0.5) is 10.1 Å². The predicted molar refractivity (Wildman–Crippen MR) is 93.6 cm³/mol. The van der Waals surface area contributed by atoms with Crippen LogP contribution < -0.4 is 10.6 Å². The average Bonchev–Trinajstić information content (AvgIpc) is 3.07. The molecule has 0 radical (unpaired) electrons. The highest BCUT2D eigenvalue weighted by Gasteiger charge is 2.25. The molecule has 6 heteroatoms. The highest BCUT2D eigenvalue weighted by molar-refractivity contribution is 5.56. The van der Waals surface area contributed by atoms with Crippen LogP contribution in [0.2, 0.25) is 0 Å². The van der Waals surface area contributed by atoms with Gasteiger partial charge in [-0.05, 0) is 37.2 Å². The van der Waals surface area contributed by atoms with Crippen molar-refractivity contribution in [3.05, 3.63) is 65.4 Å². The number of benzene rings is 1. The van der Waals surface area contributed by atoms with E-state index in [1.165, 1.54) is 6.07 Å². The Hall–Kier alpha value is -2.73. The molecule has 3 heterocycles. The lowest BCUT2D eigenvalue weighted by Gasteiger charge is -2.29. The normalized spacial score (nSPS) is 13.8. The largest absolute Gasteiger partial charge is 0.439 e. The Morgan fingerprint density at radius 3 is 2.92 bits per heavy atom. The van der Waals surface area contributed by atoms with Crippen molar-refractivity contribution in [3.63, 3.8) is 0 Å². The van der Waals surface area contributed by atoms with Gasteiger partial charge in [-0.1, -0.05) is 12.1 Å². The van der Waals surface area contributed by atoms with Gasteiger partial charge in [0.1, 0.15) is 23.0 Å². The Kier molecular flexibility index (Phi) is 4.19. The van der Waals surface area contributed by atoms with Gasteiger partial charge in [0.2, 0.25) is 5.89 Å². The molecular weight excluding hydrogens is 319 g/mol. The molecule has 1 aliphatic rings. The molecule has 2 N–H and O–H groups in total. The molecule has 1 aromatic carbocycles. The molecule has 0 atom stereocenters. The number of hydrogen-bond donors (Lipinski definition) is 1. The third-order valence-electron chi connectivity index (χ3n) is 4.44. The van der Waals surface area contributed by atoms with Crippen LogP contribution in [-0.2, 0) is 19.4 Å². The molecule has 25 heavy (non-hydrogen) atoms. The van der Waals surface area contributed by atoms with Crippen LogP contribution in [0, 0.1) is 5.82 Å². The van der Waals surface area contributed by atoms with Gasteiger partial charge in [-0.25, -0.2) is 9.37 Å². The smallest absolute Gasteiger partial charge is 0.245 e. The van der Waals surface area contributed by atoms with Gasteiger partial charge in [0.05, 0.1) is 6.54 Å². The van der Waals surface area contributed by atoms with Crippen LogP contribution in [-0.4, -0.2) is 23.1 Å². The monoisotopic (exact) mass is 338 g/mol. The van der Waals surface area contributed by atoms with Gasteiger partial charge in [-0.3, -0.25) is 4.98 Å². The van der Waals surface area contributed by atoms with E-state index in [1.807, 2.05) is 24.3 Å². The Balaban J connectivity index is 1.64. The number of fused-ring (bicyclic) bond motifs is 1. The highest BCUT2D eigenvalue weighted by Crippen LogP contribution is 2.30. The maximum atomic E-state index is 14.2. The molecule has 4 rings (SSSR count). The average molecular weight is 338 g/mol. The van der Waals surface area contributed by atoms with Crippen LogP contribution in [0.1, 0.15) is 17.0 Å². The molecule has 0 saturated heterocycles. The van der Waals surface area contributed by atoms with E-state index in [0.29, 0.717) is 31.0 Å². The van der Waals surface area contributed by atoms with Crippen LogP contribution in [0.5, 0.6) is 0 Å². The number of anilines is 1. The fourth-order valence-electron chi connectivity index (χ4n) is 3.24. The minimum atomic E-state index is -0.205. The number of nitrogens with two attached hydrogens (primary N) is 1. The summed E-state index contributed by atoms with van der Waals surface area (Å²) in [5, 5.41) is 0. The second kappa shape index (κ2) is 6.64. The second-order valence-electron chi connectivity index (χ2n) is 6.05. The second-order valence-corrected chi connectivity index (χ2v) is 6.05. The van der Waals surface area contributed by atoms with Crippen LogP contribution in [0.25, 0.3) is 11.6 Å². The van der Waals surface area contributed by atoms with E-state index < -0.39 is 0 Å². The summed E-state index contributed by atoms with van der Waals surface area (Å²) in [7, 11) is 0. The maximum Gasteiger partial charge on any atom is 0.245 e. The predicted octanol–water partition coefficient (Wildman–Crippen LogP) is 2.94.